The van der Waals surface area contributed by atoms with E-state index in [0.717, 1.165) is 6.42 Å². The van der Waals surface area contributed by atoms with E-state index in [1.165, 1.54) is 32.1 Å². The summed E-state index contributed by atoms with van der Waals surface area (Å²) in [5.74, 6) is 0. The molecule has 0 saturated heterocycles. The number of hydrogen-bond acceptors (Lipinski definition) is 1. The van der Waals surface area contributed by atoms with Gasteiger partial charge in [-0.15, -0.1) is 0 Å². The Morgan fingerprint density at radius 2 is 1.40 bits per heavy atom. The van der Waals surface area contributed by atoms with Crippen LogP contribution >= 0.6 is 0 Å². The van der Waals surface area contributed by atoms with Crippen LogP contribution in [-0.4, -0.2) is 35.6 Å². The van der Waals surface area contributed by atoms with Crippen molar-refractivity contribution in [1.29, 1.82) is 0 Å². The first-order chi connectivity index (χ1) is 4.41. The van der Waals surface area contributed by atoms with Gasteiger partial charge in [0.1, 0.15) is 0 Å². The van der Waals surface area contributed by atoms with Gasteiger partial charge in [-0.1, -0.05) is 39.0 Å². The van der Waals surface area contributed by atoms with E-state index in [0.29, 0.717) is 6.61 Å². The Labute approximate surface area is 81.2 Å². The fraction of sp³-hybridized carbons (Fsp3) is 1.00. The van der Waals surface area contributed by atoms with Crippen LogP contribution in [0.3, 0.4) is 0 Å². The zero-order valence-electron chi connectivity index (χ0n) is 7.10. The average Bonchev–Trinajstić information content (AvgIpc) is 1.89. The fourth-order valence-corrected chi connectivity index (χ4v) is 0.892. The minimum atomic E-state index is 0. The van der Waals surface area contributed by atoms with Crippen molar-refractivity contribution in [1.82, 2.24) is 0 Å². The van der Waals surface area contributed by atoms with Gasteiger partial charge in [0.25, 0.3) is 0 Å². The molecule has 0 bridgehead atoms. The number of unbranched alkanes of at least 4 members (excludes halogenated alkanes) is 5. The Balaban J connectivity index is 0. The van der Waals surface area contributed by atoms with E-state index in [9.17, 15) is 0 Å². The molecule has 0 amide bonds. The van der Waals surface area contributed by atoms with Crippen molar-refractivity contribution in [2.24, 2.45) is 0 Å². The third-order valence-corrected chi connectivity index (χ3v) is 1.51. The zero-order chi connectivity index (χ0) is 6.95. The first-order valence-electron chi connectivity index (χ1n) is 4.02. The zero-order valence-corrected chi connectivity index (χ0v) is 11.1. The summed E-state index contributed by atoms with van der Waals surface area (Å²) in [5, 5.41) is 8.42. The van der Waals surface area contributed by atoms with E-state index in [1.807, 2.05) is 0 Å². The van der Waals surface area contributed by atoms with Gasteiger partial charge in [-0.05, 0) is 6.42 Å². The van der Waals surface area contributed by atoms with Gasteiger partial charge in [0.15, 0.2) is 0 Å². The molecule has 0 heterocycles. The third kappa shape index (κ3) is 11.5. The van der Waals surface area contributed by atoms with Gasteiger partial charge in [0.2, 0.25) is 0 Å². The summed E-state index contributed by atoms with van der Waals surface area (Å²) in [7, 11) is 0. The van der Waals surface area contributed by atoms with Crippen LogP contribution in [0.4, 0.5) is 0 Å². The molecule has 1 N–H and O–H groups in total. The monoisotopic (exact) mass is 252 g/mol. The van der Waals surface area contributed by atoms with Crippen LogP contribution in [0.1, 0.15) is 45.4 Å². The van der Waals surface area contributed by atoms with Crippen molar-refractivity contribution < 1.29 is 5.11 Å². The summed E-state index contributed by atoms with van der Waals surface area (Å²) in [6.07, 6.45) is 7.50. The van der Waals surface area contributed by atoms with E-state index in [2.05, 4.69) is 6.92 Å². The Bertz CT molecular complexity index is 42.5. The maximum absolute atomic E-state index is 8.42. The topological polar surface area (TPSA) is 20.2 Å². The van der Waals surface area contributed by atoms with Crippen molar-refractivity contribution in [2.75, 3.05) is 6.61 Å². The second-order valence-corrected chi connectivity index (χ2v) is 2.49. The Morgan fingerprint density at radius 1 is 0.900 bits per heavy atom. The van der Waals surface area contributed by atoms with Gasteiger partial charge in [-0.2, -0.15) is 0 Å². The molecule has 0 aromatic rings. The van der Waals surface area contributed by atoms with Crippen molar-refractivity contribution in [3.63, 3.8) is 0 Å². The average molecular weight is 251 g/mol. The molecule has 62 valence electrons. The molecule has 1 nitrogen and oxygen atoms in total. The second-order valence-electron chi connectivity index (χ2n) is 2.49. The predicted octanol–water partition coefficient (Wildman–Crippen LogP) is 1.42. The molecule has 0 aliphatic rings. The quantitative estimate of drug-likeness (QED) is 0.559. The summed E-state index contributed by atoms with van der Waals surface area (Å²) in [5.41, 5.74) is 0. The summed E-state index contributed by atoms with van der Waals surface area (Å²) in [6.45, 7) is 2.58. The van der Waals surface area contributed by atoms with Crippen LogP contribution in [0.25, 0.3) is 0 Å². The molecule has 0 fully saturated rings. The van der Waals surface area contributed by atoms with Crippen LogP contribution < -0.4 is 0 Å². The van der Waals surface area contributed by atoms with Crippen molar-refractivity contribution >= 4 is 23.9 Å². The van der Waals surface area contributed by atoms with Gasteiger partial charge < -0.3 is 5.11 Å². The van der Waals surface area contributed by atoms with Crippen LogP contribution in [-0.2, 0) is 0 Å². The molecule has 0 aliphatic heterocycles. The van der Waals surface area contributed by atoms with Gasteiger partial charge in [0, 0.05) is 6.61 Å². The van der Waals surface area contributed by atoms with E-state index >= 15 is 0 Å². The third-order valence-electron chi connectivity index (χ3n) is 1.51. The van der Waals surface area contributed by atoms with Gasteiger partial charge >= 0.3 is 23.9 Å². The molecule has 0 aromatic heterocycles. The number of rotatable bonds is 6. The van der Waals surface area contributed by atoms with Crippen LogP contribution in [0.5, 0.6) is 0 Å². The Morgan fingerprint density at radius 3 is 1.90 bits per heavy atom. The van der Waals surface area contributed by atoms with E-state index in [-0.39, 0.29) is 23.9 Å². The first-order valence-corrected chi connectivity index (χ1v) is 4.02. The standard InChI is InChI=1S/C8H18O.Sn.2H/c1-2-3-4-5-6-7-8-9;;;/h9H,2-8H2,1H3;;;. The van der Waals surface area contributed by atoms with Crippen molar-refractivity contribution in [3.8, 4) is 0 Å². The van der Waals surface area contributed by atoms with Crippen molar-refractivity contribution in [2.45, 2.75) is 45.4 Å². The Hall–Kier alpha value is 0.759. The molecule has 0 aliphatic carbocycles. The number of aliphatic hydroxyl groups excluding tert-OH is 1. The molecule has 0 saturated carbocycles. The SMILES string of the molecule is CCCCCCCCO.[SnH2]. The summed E-state index contributed by atoms with van der Waals surface area (Å²) in [6, 6.07) is 0. The molecule has 0 aromatic carbocycles. The van der Waals surface area contributed by atoms with Gasteiger partial charge in [0.05, 0.1) is 0 Å². The molecule has 0 rings (SSSR count). The molecular weight excluding hydrogens is 231 g/mol. The van der Waals surface area contributed by atoms with Gasteiger partial charge in [-0.25, -0.2) is 0 Å². The van der Waals surface area contributed by atoms with E-state index < -0.39 is 0 Å². The minimum absolute atomic E-state index is 0. The molecule has 0 unspecified atom stereocenters. The summed E-state index contributed by atoms with van der Waals surface area (Å²) < 4.78 is 0. The second kappa shape index (κ2) is 12.4. The van der Waals surface area contributed by atoms with Crippen molar-refractivity contribution in [3.05, 3.63) is 0 Å². The Kier molecular flexibility index (Phi) is 16.6. The summed E-state index contributed by atoms with van der Waals surface area (Å²) >= 11 is 0. The molecule has 0 atom stereocenters. The van der Waals surface area contributed by atoms with Gasteiger partial charge in [-0.3, -0.25) is 0 Å². The van der Waals surface area contributed by atoms with E-state index in [4.69, 9.17) is 5.11 Å². The summed E-state index contributed by atoms with van der Waals surface area (Å²) in [4.78, 5) is 0. The van der Waals surface area contributed by atoms with Crippen LogP contribution in [0, 0.1) is 0 Å². The fourth-order valence-electron chi connectivity index (χ4n) is 0.892. The maximum atomic E-state index is 8.42. The first kappa shape index (κ1) is 13.4. The number of hydrogen-bond donors (Lipinski definition) is 1. The molecule has 2 heteroatoms. The molecule has 0 spiro atoms. The predicted molar refractivity (Wildman–Crippen MR) is 49.0 cm³/mol. The van der Waals surface area contributed by atoms with E-state index in [1.54, 1.807) is 0 Å². The molecule has 2 radical (unpaired) electrons. The normalized spacial score (nSPS) is 9.00. The number of aliphatic hydroxyl groups is 1. The molecule has 10 heavy (non-hydrogen) atoms. The van der Waals surface area contributed by atoms with Crippen LogP contribution in [0.2, 0.25) is 0 Å². The molecular formula is C8H20OSn. The van der Waals surface area contributed by atoms with Crippen LogP contribution in [0.15, 0.2) is 0 Å².